The quantitative estimate of drug-likeness (QED) is 0.153. The zero-order valence-electron chi connectivity index (χ0n) is 17.5. The van der Waals surface area contributed by atoms with E-state index in [1.165, 1.54) is 0 Å². The van der Waals surface area contributed by atoms with E-state index in [-0.39, 0.29) is 36.6 Å². The van der Waals surface area contributed by atoms with Crippen molar-refractivity contribution in [3.05, 3.63) is 35.9 Å². The number of ether oxygens (including phenoxy) is 2. The fourth-order valence-electron chi connectivity index (χ4n) is 3.75. The van der Waals surface area contributed by atoms with Gasteiger partial charge in [0.05, 0.1) is 12.6 Å². The second kappa shape index (κ2) is 13.6. The van der Waals surface area contributed by atoms with E-state index in [4.69, 9.17) is 21.1 Å². The van der Waals surface area contributed by atoms with E-state index >= 15 is 0 Å². The van der Waals surface area contributed by atoms with Crippen LogP contribution < -0.4 is 10.8 Å². The molecule has 1 aromatic carbocycles. The van der Waals surface area contributed by atoms with Crippen molar-refractivity contribution in [3.63, 3.8) is 0 Å². The molecule has 0 heterocycles. The maximum atomic E-state index is 12.8. The second-order valence-corrected chi connectivity index (χ2v) is 8.35. The first-order chi connectivity index (χ1) is 14.5. The Labute approximate surface area is 183 Å². The molecule has 1 aromatic rings. The molecule has 2 atom stereocenters. The number of hydroxylamine groups is 1. The first kappa shape index (κ1) is 24.6. The molecule has 8 heteroatoms. The fraction of sp³-hybridized carbons (Fsp3) is 0.636. The minimum absolute atomic E-state index is 0.0357. The van der Waals surface area contributed by atoms with Gasteiger partial charge in [0, 0.05) is 23.8 Å². The summed E-state index contributed by atoms with van der Waals surface area (Å²) in [6, 6.07) is 9.20. The molecule has 1 saturated carbocycles. The SMILES string of the molecule is CCOCOC[C@H](C[C@H](Cc1ccccc1)C(=O)NO)NC(=O)C1CCC(Cl)CC1. The maximum Gasteiger partial charge on any atom is 0.246 e. The predicted octanol–water partition coefficient (Wildman–Crippen LogP) is 3.03. The van der Waals surface area contributed by atoms with Crippen LogP contribution in [0.2, 0.25) is 0 Å². The molecule has 2 rings (SSSR count). The van der Waals surface area contributed by atoms with Crippen LogP contribution in [-0.4, -0.2) is 48.4 Å². The van der Waals surface area contributed by atoms with Crippen molar-refractivity contribution in [2.45, 2.75) is 56.9 Å². The number of nitrogens with one attached hydrogen (secondary N) is 2. The Morgan fingerprint density at radius 1 is 1.17 bits per heavy atom. The second-order valence-electron chi connectivity index (χ2n) is 7.73. The van der Waals surface area contributed by atoms with E-state index < -0.39 is 11.8 Å². The van der Waals surface area contributed by atoms with Gasteiger partial charge in [-0.05, 0) is 51.0 Å². The third-order valence-electron chi connectivity index (χ3n) is 5.44. The monoisotopic (exact) mass is 440 g/mol. The Bertz CT molecular complexity index is 638. The first-order valence-electron chi connectivity index (χ1n) is 10.6. The molecule has 3 N–H and O–H groups in total. The Balaban J connectivity index is 2.02. The molecule has 0 radical (unpaired) electrons. The molecule has 1 fully saturated rings. The molecule has 168 valence electrons. The smallest absolute Gasteiger partial charge is 0.246 e. The summed E-state index contributed by atoms with van der Waals surface area (Å²) < 4.78 is 10.8. The first-order valence-corrected chi connectivity index (χ1v) is 11.0. The van der Waals surface area contributed by atoms with Crippen molar-refractivity contribution in [1.29, 1.82) is 0 Å². The van der Waals surface area contributed by atoms with E-state index in [1.54, 1.807) is 5.48 Å². The van der Waals surface area contributed by atoms with E-state index in [0.29, 0.717) is 19.4 Å². The average Bonchev–Trinajstić information content (AvgIpc) is 2.76. The highest BCUT2D eigenvalue weighted by atomic mass is 35.5. The summed E-state index contributed by atoms with van der Waals surface area (Å²) in [5.74, 6) is -1.11. The maximum absolute atomic E-state index is 12.8. The van der Waals surface area contributed by atoms with Gasteiger partial charge in [-0.3, -0.25) is 14.8 Å². The number of alkyl halides is 1. The third kappa shape index (κ3) is 8.60. The predicted molar refractivity (Wildman–Crippen MR) is 114 cm³/mol. The number of amides is 2. The van der Waals surface area contributed by atoms with Gasteiger partial charge in [-0.25, -0.2) is 5.48 Å². The standard InChI is InChI=1S/C22H33ClN2O5/c1-2-29-15-30-14-20(24-21(26)17-8-10-19(23)11-9-17)13-18(22(27)25-28)12-16-6-4-3-5-7-16/h3-7,17-20,28H,2,8-15H2,1H3,(H,24,26)(H,25,27)/t17?,18-,19?,20-/m0/s1. The highest BCUT2D eigenvalue weighted by Crippen LogP contribution is 2.28. The molecule has 0 spiro atoms. The molecule has 30 heavy (non-hydrogen) atoms. The summed E-state index contributed by atoms with van der Waals surface area (Å²) in [6.07, 6.45) is 3.96. The molecule has 0 bridgehead atoms. The molecule has 1 aliphatic carbocycles. The van der Waals surface area contributed by atoms with Gasteiger partial charge in [0.2, 0.25) is 11.8 Å². The highest BCUT2D eigenvalue weighted by molar-refractivity contribution is 6.20. The number of benzene rings is 1. The van der Waals surface area contributed by atoms with Gasteiger partial charge >= 0.3 is 0 Å². The summed E-state index contributed by atoms with van der Waals surface area (Å²) in [7, 11) is 0. The topological polar surface area (TPSA) is 96.9 Å². The number of halogens is 1. The Morgan fingerprint density at radius 2 is 1.87 bits per heavy atom. The summed E-state index contributed by atoms with van der Waals surface area (Å²) in [5, 5.41) is 12.4. The lowest BCUT2D eigenvalue weighted by atomic mass is 9.87. The van der Waals surface area contributed by atoms with Crippen molar-refractivity contribution in [1.82, 2.24) is 10.8 Å². The minimum Gasteiger partial charge on any atom is -0.356 e. The molecule has 0 saturated heterocycles. The van der Waals surface area contributed by atoms with E-state index in [0.717, 1.165) is 31.2 Å². The summed E-state index contributed by atoms with van der Waals surface area (Å²) in [6.45, 7) is 2.75. The average molecular weight is 441 g/mol. The number of hydrogen-bond donors (Lipinski definition) is 3. The van der Waals surface area contributed by atoms with E-state index in [2.05, 4.69) is 5.32 Å². The zero-order valence-corrected chi connectivity index (χ0v) is 18.3. The third-order valence-corrected chi connectivity index (χ3v) is 5.88. The van der Waals surface area contributed by atoms with Crippen molar-refractivity contribution in [2.24, 2.45) is 11.8 Å². The lowest BCUT2D eigenvalue weighted by Crippen LogP contribution is -2.45. The van der Waals surface area contributed by atoms with Gasteiger partial charge in [-0.15, -0.1) is 11.6 Å². The number of hydrogen-bond acceptors (Lipinski definition) is 5. The van der Waals surface area contributed by atoms with E-state index in [1.807, 2.05) is 37.3 Å². The fourth-order valence-corrected chi connectivity index (χ4v) is 4.00. The molecule has 0 aromatic heterocycles. The molecule has 0 aliphatic heterocycles. The molecule has 2 amide bonds. The lowest BCUT2D eigenvalue weighted by molar-refractivity contribution is -0.135. The summed E-state index contributed by atoms with van der Waals surface area (Å²) in [4.78, 5) is 25.1. The summed E-state index contributed by atoms with van der Waals surface area (Å²) in [5.41, 5.74) is 2.74. The zero-order chi connectivity index (χ0) is 21.8. The van der Waals surface area contributed by atoms with Gasteiger partial charge in [0.25, 0.3) is 0 Å². The molecular weight excluding hydrogens is 408 g/mol. The van der Waals surface area contributed by atoms with Crippen LogP contribution in [0.25, 0.3) is 0 Å². The Morgan fingerprint density at radius 3 is 2.50 bits per heavy atom. The summed E-state index contributed by atoms with van der Waals surface area (Å²) >= 11 is 6.15. The van der Waals surface area contributed by atoms with Crippen LogP contribution in [0.5, 0.6) is 0 Å². The van der Waals surface area contributed by atoms with E-state index in [9.17, 15) is 14.8 Å². The molecule has 0 unspecified atom stereocenters. The Hall–Kier alpha value is -1.67. The lowest BCUT2D eigenvalue weighted by Gasteiger charge is -2.28. The normalized spacial score (nSPS) is 20.9. The van der Waals surface area contributed by atoms with Crippen molar-refractivity contribution in [2.75, 3.05) is 20.0 Å². The minimum atomic E-state index is -0.517. The highest BCUT2D eigenvalue weighted by Gasteiger charge is 2.29. The van der Waals surface area contributed by atoms with Gasteiger partial charge in [0.1, 0.15) is 6.79 Å². The van der Waals surface area contributed by atoms with Gasteiger partial charge in [-0.2, -0.15) is 0 Å². The number of carbonyl (C=O) groups excluding carboxylic acids is 2. The van der Waals surface area contributed by atoms with Crippen LogP contribution in [0, 0.1) is 11.8 Å². The van der Waals surface area contributed by atoms with Crippen LogP contribution in [0.4, 0.5) is 0 Å². The molecule has 7 nitrogen and oxygen atoms in total. The molecule has 1 aliphatic rings. The largest absolute Gasteiger partial charge is 0.356 e. The van der Waals surface area contributed by atoms with Crippen molar-refractivity contribution >= 4 is 23.4 Å². The van der Waals surface area contributed by atoms with Crippen molar-refractivity contribution in [3.8, 4) is 0 Å². The van der Waals surface area contributed by atoms with Crippen LogP contribution in [0.3, 0.4) is 0 Å². The van der Waals surface area contributed by atoms with Gasteiger partial charge in [-0.1, -0.05) is 30.3 Å². The van der Waals surface area contributed by atoms with Crippen LogP contribution in [0.1, 0.15) is 44.6 Å². The number of rotatable bonds is 12. The van der Waals surface area contributed by atoms with Gasteiger partial charge < -0.3 is 14.8 Å². The number of carbonyl (C=O) groups is 2. The van der Waals surface area contributed by atoms with Crippen LogP contribution >= 0.6 is 11.6 Å². The van der Waals surface area contributed by atoms with Crippen LogP contribution in [0.15, 0.2) is 30.3 Å². The molecular formula is C22H33ClN2O5. The van der Waals surface area contributed by atoms with Crippen LogP contribution in [-0.2, 0) is 25.5 Å². The van der Waals surface area contributed by atoms with Crippen molar-refractivity contribution < 1.29 is 24.3 Å². The Kier molecular flexibility index (Phi) is 11.1. The van der Waals surface area contributed by atoms with Gasteiger partial charge in [0.15, 0.2) is 0 Å².